The highest BCUT2D eigenvalue weighted by Gasteiger charge is 2.30. The van der Waals surface area contributed by atoms with Gasteiger partial charge in [0.1, 0.15) is 6.33 Å². The van der Waals surface area contributed by atoms with Gasteiger partial charge in [0, 0.05) is 12.0 Å². The average Bonchev–Trinajstić information content (AvgIpc) is 3.10. The molecule has 1 aliphatic carbocycles. The minimum Gasteiger partial charge on any atom is -0.294 e. The molecule has 0 saturated heterocycles. The van der Waals surface area contributed by atoms with Crippen LogP contribution in [-0.4, -0.2) is 26.5 Å². The number of fused-ring (bicyclic) bond motifs is 1. The number of hydrogen-bond acceptors (Lipinski definition) is 4. The van der Waals surface area contributed by atoms with Crippen LogP contribution >= 0.6 is 0 Å². The number of nitrogens with zero attached hydrogens (tertiary/aromatic N) is 3. The number of anilines is 1. The summed E-state index contributed by atoms with van der Waals surface area (Å²) in [4.78, 5) is 28.9. The molecule has 6 nitrogen and oxygen atoms in total. The van der Waals surface area contributed by atoms with E-state index in [1.165, 1.54) is 0 Å². The van der Waals surface area contributed by atoms with Crippen molar-refractivity contribution in [3.05, 3.63) is 77.6 Å². The van der Waals surface area contributed by atoms with Crippen LogP contribution in [0.1, 0.15) is 40.2 Å². The lowest BCUT2D eigenvalue weighted by molar-refractivity contribution is -0.117. The summed E-state index contributed by atoms with van der Waals surface area (Å²) >= 11 is 0. The molecule has 1 aromatic heterocycles. The third-order valence-electron chi connectivity index (χ3n) is 4.57. The first-order valence-electron chi connectivity index (χ1n) is 8.57. The summed E-state index contributed by atoms with van der Waals surface area (Å²) in [6, 6.07) is 17.2. The van der Waals surface area contributed by atoms with Gasteiger partial charge in [0.15, 0.2) is 5.78 Å². The molecule has 0 saturated carbocycles. The Morgan fingerprint density at radius 2 is 1.88 bits per heavy atom. The molecule has 130 valence electrons. The smallest absolute Gasteiger partial charge is 0.248 e. The minimum atomic E-state index is -0.357. The third kappa shape index (κ3) is 3.26. The number of aromatic nitrogens is 3. The summed E-state index contributed by atoms with van der Waals surface area (Å²) in [6.07, 6.45) is 2.48. The fourth-order valence-corrected chi connectivity index (χ4v) is 3.29. The van der Waals surface area contributed by atoms with E-state index in [1.807, 2.05) is 48.5 Å². The van der Waals surface area contributed by atoms with Gasteiger partial charge in [-0.25, -0.2) is 9.67 Å². The van der Waals surface area contributed by atoms with Crippen molar-refractivity contribution in [3.63, 3.8) is 0 Å². The Kier molecular flexibility index (Phi) is 4.31. The molecular formula is C20H18N4O2. The molecule has 6 heteroatoms. The van der Waals surface area contributed by atoms with Crippen molar-refractivity contribution in [1.29, 1.82) is 0 Å². The van der Waals surface area contributed by atoms with Crippen LogP contribution in [0, 0.1) is 0 Å². The Labute approximate surface area is 150 Å². The number of Topliss-reactive ketones (excluding diaryl/α,β-unsaturated/α-hetero) is 1. The van der Waals surface area contributed by atoms with Crippen LogP contribution in [0.3, 0.4) is 0 Å². The van der Waals surface area contributed by atoms with Crippen LogP contribution in [-0.2, 0) is 11.3 Å². The van der Waals surface area contributed by atoms with E-state index in [2.05, 4.69) is 15.4 Å². The number of rotatable bonds is 4. The van der Waals surface area contributed by atoms with Gasteiger partial charge >= 0.3 is 0 Å². The van der Waals surface area contributed by atoms with Gasteiger partial charge in [0.05, 0.1) is 12.5 Å². The van der Waals surface area contributed by atoms with Crippen molar-refractivity contribution in [2.24, 2.45) is 0 Å². The van der Waals surface area contributed by atoms with Crippen molar-refractivity contribution >= 4 is 17.6 Å². The SMILES string of the molecule is O=C1CCC(C(=O)Nc2ncn(Cc3ccccc3)n2)c2ccccc21. The molecule has 2 aromatic carbocycles. The number of nitrogens with one attached hydrogen (secondary N) is 1. The molecular weight excluding hydrogens is 328 g/mol. The second-order valence-corrected chi connectivity index (χ2v) is 6.34. The number of ketones is 1. The fraction of sp³-hybridized carbons (Fsp3) is 0.200. The third-order valence-corrected chi connectivity index (χ3v) is 4.57. The van der Waals surface area contributed by atoms with Gasteiger partial charge in [-0.05, 0) is 17.5 Å². The van der Waals surface area contributed by atoms with E-state index in [0.717, 1.165) is 11.1 Å². The van der Waals surface area contributed by atoms with Crippen LogP contribution < -0.4 is 5.32 Å². The summed E-state index contributed by atoms with van der Waals surface area (Å²) in [5.74, 6) is -0.164. The first-order chi connectivity index (χ1) is 12.7. The number of carbonyl (C=O) groups excluding carboxylic acids is 2. The topological polar surface area (TPSA) is 76.9 Å². The zero-order valence-corrected chi connectivity index (χ0v) is 14.1. The molecule has 3 aromatic rings. The van der Waals surface area contributed by atoms with Crippen LogP contribution in [0.4, 0.5) is 5.95 Å². The molecule has 1 amide bonds. The van der Waals surface area contributed by atoms with Gasteiger partial charge in [0.25, 0.3) is 0 Å². The maximum Gasteiger partial charge on any atom is 0.248 e. The van der Waals surface area contributed by atoms with Gasteiger partial charge in [-0.2, -0.15) is 0 Å². The summed E-state index contributed by atoms with van der Waals surface area (Å²) in [5.41, 5.74) is 2.53. The van der Waals surface area contributed by atoms with Gasteiger partial charge in [-0.15, -0.1) is 5.10 Å². The number of amides is 1. The molecule has 1 atom stereocenters. The van der Waals surface area contributed by atoms with E-state index in [9.17, 15) is 9.59 Å². The zero-order chi connectivity index (χ0) is 17.9. The van der Waals surface area contributed by atoms with E-state index >= 15 is 0 Å². The standard InChI is InChI=1S/C20H18N4O2/c25-18-11-10-17(15-8-4-5-9-16(15)18)19(26)22-20-21-13-24(23-20)12-14-6-2-1-3-7-14/h1-9,13,17H,10-12H2,(H,22,23,26). The van der Waals surface area contributed by atoms with Crippen molar-refractivity contribution in [2.45, 2.75) is 25.3 Å². The molecule has 1 aliphatic rings. The van der Waals surface area contributed by atoms with Crippen LogP contribution in [0.2, 0.25) is 0 Å². The first-order valence-corrected chi connectivity index (χ1v) is 8.57. The Bertz CT molecular complexity index is 949. The second-order valence-electron chi connectivity index (χ2n) is 6.34. The van der Waals surface area contributed by atoms with Crippen molar-refractivity contribution < 1.29 is 9.59 Å². The van der Waals surface area contributed by atoms with E-state index in [-0.39, 0.29) is 23.6 Å². The van der Waals surface area contributed by atoms with Gasteiger partial charge in [-0.3, -0.25) is 14.9 Å². The molecule has 0 fully saturated rings. The zero-order valence-electron chi connectivity index (χ0n) is 14.1. The van der Waals surface area contributed by atoms with E-state index in [1.54, 1.807) is 17.1 Å². The largest absolute Gasteiger partial charge is 0.294 e. The van der Waals surface area contributed by atoms with Crippen molar-refractivity contribution in [1.82, 2.24) is 14.8 Å². The molecule has 26 heavy (non-hydrogen) atoms. The lowest BCUT2D eigenvalue weighted by Crippen LogP contribution is -2.27. The predicted octanol–water partition coefficient (Wildman–Crippen LogP) is 3.03. The Morgan fingerprint density at radius 3 is 2.73 bits per heavy atom. The molecule has 1 heterocycles. The summed E-state index contributed by atoms with van der Waals surface area (Å²) in [6.45, 7) is 0.588. The molecule has 0 aliphatic heterocycles. The highest BCUT2D eigenvalue weighted by Crippen LogP contribution is 2.32. The Hall–Kier alpha value is -3.28. The minimum absolute atomic E-state index is 0.0925. The molecule has 0 bridgehead atoms. The van der Waals surface area contributed by atoms with Crippen molar-refractivity contribution in [2.75, 3.05) is 5.32 Å². The Morgan fingerprint density at radius 1 is 1.12 bits per heavy atom. The second kappa shape index (κ2) is 6.92. The van der Waals surface area contributed by atoms with Crippen molar-refractivity contribution in [3.8, 4) is 0 Å². The fourth-order valence-electron chi connectivity index (χ4n) is 3.29. The lowest BCUT2D eigenvalue weighted by Gasteiger charge is -2.23. The summed E-state index contributed by atoms with van der Waals surface area (Å²) in [5, 5.41) is 7.10. The van der Waals surface area contributed by atoms with E-state index in [0.29, 0.717) is 24.9 Å². The Balaban J connectivity index is 1.48. The van der Waals surface area contributed by atoms with Crippen LogP contribution in [0.5, 0.6) is 0 Å². The van der Waals surface area contributed by atoms with Crippen LogP contribution in [0.15, 0.2) is 60.9 Å². The molecule has 0 spiro atoms. The predicted molar refractivity (Wildman–Crippen MR) is 96.9 cm³/mol. The van der Waals surface area contributed by atoms with Crippen LogP contribution in [0.25, 0.3) is 0 Å². The molecule has 1 unspecified atom stereocenters. The monoisotopic (exact) mass is 346 g/mol. The average molecular weight is 346 g/mol. The highest BCUT2D eigenvalue weighted by molar-refractivity contribution is 6.03. The van der Waals surface area contributed by atoms with Gasteiger partial charge in [-0.1, -0.05) is 54.6 Å². The number of benzene rings is 2. The quantitative estimate of drug-likeness (QED) is 0.788. The highest BCUT2D eigenvalue weighted by atomic mass is 16.2. The maximum absolute atomic E-state index is 12.7. The first kappa shape index (κ1) is 16.2. The summed E-state index contributed by atoms with van der Waals surface area (Å²) in [7, 11) is 0. The van der Waals surface area contributed by atoms with Gasteiger partial charge < -0.3 is 0 Å². The maximum atomic E-state index is 12.7. The summed E-state index contributed by atoms with van der Waals surface area (Å²) < 4.78 is 1.68. The van der Waals surface area contributed by atoms with E-state index < -0.39 is 0 Å². The lowest BCUT2D eigenvalue weighted by atomic mass is 9.81. The van der Waals surface area contributed by atoms with E-state index in [4.69, 9.17) is 0 Å². The molecule has 0 radical (unpaired) electrons. The van der Waals surface area contributed by atoms with Gasteiger partial charge in [0.2, 0.25) is 11.9 Å². The molecule has 1 N–H and O–H groups in total. The molecule has 4 rings (SSSR count). The normalized spacial score (nSPS) is 16.2. The number of hydrogen-bond donors (Lipinski definition) is 1. The number of carbonyl (C=O) groups is 2.